The van der Waals surface area contributed by atoms with Gasteiger partial charge in [0.05, 0.1) is 11.9 Å². The molecule has 2 aromatic heterocycles. The van der Waals surface area contributed by atoms with Crippen LogP contribution in [0, 0.1) is 11.3 Å². The maximum absolute atomic E-state index is 8.69. The highest BCUT2D eigenvalue weighted by Crippen LogP contribution is 2.10. The van der Waals surface area contributed by atoms with E-state index in [1.807, 2.05) is 26.0 Å². The van der Waals surface area contributed by atoms with E-state index < -0.39 is 0 Å². The van der Waals surface area contributed by atoms with E-state index in [9.17, 15) is 0 Å². The molecule has 0 aliphatic heterocycles. The SMILES string of the molecule is CCc1nc(CC)n(-c2ccc(C#N)nc2)n1. The van der Waals surface area contributed by atoms with Crippen LogP contribution in [0.1, 0.15) is 31.2 Å². The zero-order valence-electron chi connectivity index (χ0n) is 9.88. The molecule has 86 valence electrons. The molecule has 0 saturated heterocycles. The molecule has 0 N–H and O–H groups in total. The molecule has 0 amide bonds. The van der Waals surface area contributed by atoms with Crippen LogP contribution in [0.5, 0.6) is 0 Å². The third kappa shape index (κ3) is 2.16. The Labute approximate surface area is 99.8 Å². The first kappa shape index (κ1) is 11.3. The van der Waals surface area contributed by atoms with Crippen LogP contribution in [-0.4, -0.2) is 19.7 Å². The lowest BCUT2D eigenvalue weighted by molar-refractivity contribution is 0.787. The molecule has 0 aliphatic carbocycles. The summed E-state index contributed by atoms with van der Waals surface area (Å²) in [6.07, 6.45) is 3.27. The van der Waals surface area contributed by atoms with Crippen LogP contribution >= 0.6 is 0 Å². The summed E-state index contributed by atoms with van der Waals surface area (Å²) in [7, 11) is 0. The summed E-state index contributed by atoms with van der Waals surface area (Å²) in [5.74, 6) is 1.74. The number of aromatic nitrogens is 4. The smallest absolute Gasteiger partial charge is 0.151 e. The average molecular weight is 227 g/mol. The van der Waals surface area contributed by atoms with Crippen molar-refractivity contribution in [1.29, 1.82) is 5.26 Å². The van der Waals surface area contributed by atoms with Gasteiger partial charge in [-0.25, -0.2) is 14.6 Å². The van der Waals surface area contributed by atoms with Crippen molar-refractivity contribution in [3.8, 4) is 11.8 Å². The quantitative estimate of drug-likeness (QED) is 0.799. The fraction of sp³-hybridized carbons (Fsp3) is 0.333. The van der Waals surface area contributed by atoms with Gasteiger partial charge in [-0.05, 0) is 12.1 Å². The Morgan fingerprint density at radius 1 is 1.29 bits per heavy atom. The summed E-state index contributed by atoms with van der Waals surface area (Å²) in [5, 5.41) is 13.1. The number of rotatable bonds is 3. The first-order valence-corrected chi connectivity index (χ1v) is 5.59. The Morgan fingerprint density at radius 2 is 2.12 bits per heavy atom. The van der Waals surface area contributed by atoms with E-state index in [-0.39, 0.29) is 0 Å². The number of nitriles is 1. The van der Waals surface area contributed by atoms with E-state index in [0.717, 1.165) is 30.2 Å². The second-order valence-corrected chi connectivity index (χ2v) is 3.58. The van der Waals surface area contributed by atoms with E-state index in [0.29, 0.717) is 5.69 Å². The Balaban J connectivity index is 2.44. The average Bonchev–Trinajstić information content (AvgIpc) is 2.82. The van der Waals surface area contributed by atoms with Crippen molar-refractivity contribution in [1.82, 2.24) is 19.7 Å². The molecule has 0 aromatic carbocycles. The van der Waals surface area contributed by atoms with E-state index in [2.05, 4.69) is 15.1 Å². The molecule has 0 saturated carbocycles. The first-order valence-electron chi connectivity index (χ1n) is 5.59. The van der Waals surface area contributed by atoms with Crippen LogP contribution in [0.3, 0.4) is 0 Å². The third-order valence-electron chi connectivity index (χ3n) is 2.46. The lowest BCUT2D eigenvalue weighted by Gasteiger charge is -2.02. The molecule has 0 fully saturated rings. The molecule has 2 rings (SSSR count). The molecule has 2 heterocycles. The van der Waals surface area contributed by atoms with Gasteiger partial charge in [0.1, 0.15) is 17.6 Å². The molecule has 0 aliphatic rings. The molecule has 17 heavy (non-hydrogen) atoms. The van der Waals surface area contributed by atoms with Gasteiger partial charge < -0.3 is 0 Å². The minimum atomic E-state index is 0.405. The van der Waals surface area contributed by atoms with Crippen molar-refractivity contribution in [2.75, 3.05) is 0 Å². The van der Waals surface area contributed by atoms with Gasteiger partial charge in [0.2, 0.25) is 0 Å². The van der Waals surface area contributed by atoms with Crippen LogP contribution in [-0.2, 0) is 12.8 Å². The monoisotopic (exact) mass is 227 g/mol. The normalized spacial score (nSPS) is 10.2. The van der Waals surface area contributed by atoms with Gasteiger partial charge in [-0.3, -0.25) is 0 Å². The maximum Gasteiger partial charge on any atom is 0.151 e. The molecule has 0 spiro atoms. The van der Waals surface area contributed by atoms with Gasteiger partial charge in [0.15, 0.2) is 5.82 Å². The highest BCUT2D eigenvalue weighted by Gasteiger charge is 2.09. The second-order valence-electron chi connectivity index (χ2n) is 3.58. The highest BCUT2D eigenvalue weighted by atomic mass is 15.4. The maximum atomic E-state index is 8.69. The van der Waals surface area contributed by atoms with Crippen LogP contribution < -0.4 is 0 Å². The van der Waals surface area contributed by atoms with Crippen molar-refractivity contribution in [3.05, 3.63) is 35.7 Å². The van der Waals surface area contributed by atoms with Crippen molar-refractivity contribution >= 4 is 0 Å². The summed E-state index contributed by atoms with van der Waals surface area (Å²) in [5.41, 5.74) is 1.25. The zero-order valence-corrected chi connectivity index (χ0v) is 9.88. The molecule has 5 nitrogen and oxygen atoms in total. The van der Waals surface area contributed by atoms with Gasteiger partial charge in [-0.1, -0.05) is 13.8 Å². The first-order chi connectivity index (χ1) is 8.28. The third-order valence-corrected chi connectivity index (χ3v) is 2.46. The largest absolute Gasteiger partial charge is 0.243 e. The predicted molar refractivity (Wildman–Crippen MR) is 62.6 cm³/mol. The minimum Gasteiger partial charge on any atom is -0.243 e. The lowest BCUT2D eigenvalue weighted by Crippen LogP contribution is -2.02. The molecule has 0 bridgehead atoms. The molecule has 0 atom stereocenters. The van der Waals surface area contributed by atoms with Crippen LogP contribution in [0.4, 0.5) is 0 Å². The Morgan fingerprint density at radius 3 is 2.65 bits per heavy atom. The number of nitrogens with zero attached hydrogens (tertiary/aromatic N) is 5. The Hall–Kier alpha value is -2.22. The van der Waals surface area contributed by atoms with Gasteiger partial charge in [-0.15, -0.1) is 0 Å². The summed E-state index contributed by atoms with van der Waals surface area (Å²) in [6.45, 7) is 4.06. The fourth-order valence-electron chi connectivity index (χ4n) is 1.55. The van der Waals surface area contributed by atoms with Gasteiger partial charge >= 0.3 is 0 Å². The van der Waals surface area contributed by atoms with Crippen LogP contribution in [0.25, 0.3) is 5.69 Å². The Kier molecular flexibility index (Phi) is 3.15. The summed E-state index contributed by atoms with van der Waals surface area (Å²) in [6, 6.07) is 5.51. The van der Waals surface area contributed by atoms with Gasteiger partial charge in [0.25, 0.3) is 0 Å². The molecule has 5 heteroatoms. The van der Waals surface area contributed by atoms with Crippen LogP contribution in [0.15, 0.2) is 18.3 Å². The summed E-state index contributed by atoms with van der Waals surface area (Å²) < 4.78 is 1.78. The fourth-order valence-corrected chi connectivity index (χ4v) is 1.55. The van der Waals surface area contributed by atoms with Gasteiger partial charge in [0, 0.05) is 12.8 Å². The van der Waals surface area contributed by atoms with Crippen molar-refractivity contribution in [2.45, 2.75) is 26.7 Å². The number of pyridine rings is 1. The van der Waals surface area contributed by atoms with Gasteiger partial charge in [-0.2, -0.15) is 10.4 Å². The number of hydrogen-bond acceptors (Lipinski definition) is 4. The minimum absolute atomic E-state index is 0.405. The molecule has 2 aromatic rings. The summed E-state index contributed by atoms with van der Waals surface area (Å²) >= 11 is 0. The lowest BCUT2D eigenvalue weighted by atomic mass is 10.3. The van der Waals surface area contributed by atoms with Crippen molar-refractivity contribution in [3.63, 3.8) is 0 Å². The molecular formula is C12H13N5. The predicted octanol–water partition coefficient (Wildman–Crippen LogP) is 1.66. The van der Waals surface area contributed by atoms with E-state index in [1.165, 1.54) is 0 Å². The second kappa shape index (κ2) is 4.74. The van der Waals surface area contributed by atoms with E-state index >= 15 is 0 Å². The zero-order chi connectivity index (χ0) is 12.3. The van der Waals surface area contributed by atoms with Crippen molar-refractivity contribution in [2.24, 2.45) is 0 Å². The molecule has 0 unspecified atom stereocenters. The Bertz CT molecular complexity index is 547. The van der Waals surface area contributed by atoms with E-state index in [1.54, 1.807) is 16.9 Å². The number of hydrogen-bond donors (Lipinski definition) is 0. The molecule has 0 radical (unpaired) electrons. The molecular weight excluding hydrogens is 214 g/mol. The standard InChI is InChI=1S/C12H13N5/c1-3-11-15-12(4-2)17(16-11)10-6-5-9(7-13)14-8-10/h5-6,8H,3-4H2,1-2H3. The topological polar surface area (TPSA) is 67.4 Å². The van der Waals surface area contributed by atoms with Crippen molar-refractivity contribution < 1.29 is 0 Å². The van der Waals surface area contributed by atoms with Crippen LogP contribution in [0.2, 0.25) is 0 Å². The highest BCUT2D eigenvalue weighted by molar-refractivity contribution is 5.33. The number of aryl methyl sites for hydroxylation is 2. The summed E-state index contributed by atoms with van der Waals surface area (Å²) in [4.78, 5) is 8.46. The van der Waals surface area contributed by atoms with E-state index in [4.69, 9.17) is 5.26 Å².